The number of benzene rings is 1. The molecule has 2 N–H and O–H groups in total. The third-order valence-electron chi connectivity index (χ3n) is 3.05. The van der Waals surface area contributed by atoms with Gasteiger partial charge in [0.2, 0.25) is 11.8 Å². The Morgan fingerprint density at radius 2 is 1.64 bits per heavy atom. The van der Waals surface area contributed by atoms with Crippen molar-refractivity contribution in [1.29, 1.82) is 0 Å². The van der Waals surface area contributed by atoms with Gasteiger partial charge in [-0.3, -0.25) is 14.4 Å². The van der Waals surface area contributed by atoms with Crippen LogP contribution in [0.15, 0.2) is 24.3 Å². The van der Waals surface area contributed by atoms with E-state index in [2.05, 4.69) is 10.6 Å². The summed E-state index contributed by atoms with van der Waals surface area (Å²) in [7, 11) is 0. The fourth-order valence-corrected chi connectivity index (χ4v) is 1.88. The van der Waals surface area contributed by atoms with Crippen LogP contribution in [-0.4, -0.2) is 30.7 Å². The SMILES string of the molecule is CC(=O)NCCCCNC(=O)CCC(=O)c1ccccc1F. The summed E-state index contributed by atoms with van der Waals surface area (Å²) in [6.07, 6.45) is 1.54. The summed E-state index contributed by atoms with van der Waals surface area (Å²) in [5.41, 5.74) is 0.0191. The van der Waals surface area contributed by atoms with Gasteiger partial charge >= 0.3 is 0 Å². The van der Waals surface area contributed by atoms with Gasteiger partial charge in [0.1, 0.15) is 5.82 Å². The zero-order valence-electron chi connectivity index (χ0n) is 12.7. The van der Waals surface area contributed by atoms with E-state index in [-0.39, 0.29) is 36.0 Å². The van der Waals surface area contributed by atoms with Gasteiger partial charge in [-0.25, -0.2) is 4.39 Å². The van der Waals surface area contributed by atoms with Gasteiger partial charge in [-0.2, -0.15) is 0 Å². The molecule has 0 spiro atoms. The van der Waals surface area contributed by atoms with Gasteiger partial charge in [-0.05, 0) is 25.0 Å². The summed E-state index contributed by atoms with van der Waals surface area (Å²) in [5, 5.41) is 5.36. The zero-order valence-corrected chi connectivity index (χ0v) is 12.7. The number of nitrogens with one attached hydrogen (secondary N) is 2. The highest BCUT2D eigenvalue weighted by atomic mass is 19.1. The number of carbonyl (C=O) groups excluding carboxylic acids is 3. The van der Waals surface area contributed by atoms with Crippen molar-refractivity contribution in [3.05, 3.63) is 35.6 Å². The van der Waals surface area contributed by atoms with E-state index in [0.29, 0.717) is 13.1 Å². The number of Topliss-reactive ketones (excluding diaryl/α,β-unsaturated/α-hetero) is 1. The number of carbonyl (C=O) groups is 3. The maximum absolute atomic E-state index is 13.4. The predicted octanol–water partition coefficient (Wildman–Crippen LogP) is 1.82. The van der Waals surface area contributed by atoms with Gasteiger partial charge in [0.05, 0.1) is 5.56 Å². The van der Waals surface area contributed by atoms with Crippen molar-refractivity contribution in [3.63, 3.8) is 0 Å². The Balaban J connectivity index is 2.17. The number of hydrogen-bond acceptors (Lipinski definition) is 3. The van der Waals surface area contributed by atoms with Crippen molar-refractivity contribution in [3.8, 4) is 0 Å². The van der Waals surface area contributed by atoms with Crippen LogP contribution in [0.5, 0.6) is 0 Å². The summed E-state index contributed by atoms with van der Waals surface area (Å²) in [5.74, 6) is -1.25. The maximum Gasteiger partial charge on any atom is 0.220 e. The molecule has 0 aliphatic heterocycles. The third kappa shape index (κ3) is 6.97. The largest absolute Gasteiger partial charge is 0.356 e. The Morgan fingerprint density at radius 3 is 2.27 bits per heavy atom. The van der Waals surface area contributed by atoms with Gasteiger partial charge in [-0.1, -0.05) is 12.1 Å². The summed E-state index contributed by atoms with van der Waals surface area (Å²) < 4.78 is 13.4. The van der Waals surface area contributed by atoms with E-state index in [1.807, 2.05) is 0 Å². The van der Waals surface area contributed by atoms with Gasteiger partial charge in [0, 0.05) is 32.9 Å². The second kappa shape index (κ2) is 9.65. The number of hydrogen-bond donors (Lipinski definition) is 2. The minimum atomic E-state index is -0.564. The highest BCUT2D eigenvalue weighted by Crippen LogP contribution is 2.10. The maximum atomic E-state index is 13.4. The van der Waals surface area contributed by atoms with Gasteiger partial charge in [0.15, 0.2) is 5.78 Å². The quantitative estimate of drug-likeness (QED) is 0.540. The Labute approximate surface area is 129 Å². The van der Waals surface area contributed by atoms with E-state index in [9.17, 15) is 18.8 Å². The molecule has 0 fully saturated rings. The molecule has 5 nitrogen and oxygen atoms in total. The number of rotatable bonds is 9. The van der Waals surface area contributed by atoms with E-state index >= 15 is 0 Å². The number of halogens is 1. The van der Waals surface area contributed by atoms with E-state index in [4.69, 9.17) is 0 Å². The lowest BCUT2D eigenvalue weighted by Gasteiger charge is -2.06. The van der Waals surface area contributed by atoms with Crippen LogP contribution < -0.4 is 10.6 Å². The van der Waals surface area contributed by atoms with Crippen LogP contribution in [0.2, 0.25) is 0 Å². The molecule has 1 rings (SSSR count). The van der Waals surface area contributed by atoms with Gasteiger partial charge < -0.3 is 10.6 Å². The van der Waals surface area contributed by atoms with E-state index in [1.165, 1.54) is 25.1 Å². The molecule has 0 radical (unpaired) electrons. The molecule has 0 atom stereocenters. The number of amides is 2. The highest BCUT2D eigenvalue weighted by Gasteiger charge is 2.12. The van der Waals surface area contributed by atoms with Crippen molar-refractivity contribution < 1.29 is 18.8 Å². The minimum Gasteiger partial charge on any atom is -0.356 e. The van der Waals surface area contributed by atoms with Crippen molar-refractivity contribution >= 4 is 17.6 Å². The van der Waals surface area contributed by atoms with Gasteiger partial charge in [0.25, 0.3) is 0 Å². The minimum absolute atomic E-state index is 0.0152. The van der Waals surface area contributed by atoms with Crippen LogP contribution in [0.1, 0.15) is 43.0 Å². The first-order valence-corrected chi connectivity index (χ1v) is 7.29. The fraction of sp³-hybridized carbons (Fsp3) is 0.438. The smallest absolute Gasteiger partial charge is 0.220 e. The summed E-state index contributed by atoms with van der Waals surface area (Å²) in [6.45, 7) is 2.53. The van der Waals surface area contributed by atoms with Crippen molar-refractivity contribution in [1.82, 2.24) is 10.6 Å². The summed E-state index contributed by atoms with van der Waals surface area (Å²) in [4.78, 5) is 34.0. The van der Waals surface area contributed by atoms with Crippen molar-refractivity contribution in [2.24, 2.45) is 0 Å². The molecule has 1 aromatic carbocycles. The Bertz CT molecular complexity index is 532. The van der Waals surface area contributed by atoms with Crippen LogP contribution in [0.3, 0.4) is 0 Å². The lowest BCUT2D eigenvalue weighted by Crippen LogP contribution is -2.26. The first-order valence-electron chi connectivity index (χ1n) is 7.29. The number of ketones is 1. The molecule has 0 aliphatic carbocycles. The highest BCUT2D eigenvalue weighted by molar-refractivity contribution is 5.98. The Hall–Kier alpha value is -2.24. The normalized spacial score (nSPS) is 10.1. The molecule has 0 saturated heterocycles. The topological polar surface area (TPSA) is 75.3 Å². The molecular formula is C16H21FN2O3. The second-order valence-electron chi connectivity index (χ2n) is 4.94. The molecule has 120 valence electrons. The summed E-state index contributed by atoms with van der Waals surface area (Å²) >= 11 is 0. The van der Waals surface area contributed by atoms with Crippen LogP contribution in [0.4, 0.5) is 4.39 Å². The van der Waals surface area contributed by atoms with Crippen molar-refractivity contribution in [2.45, 2.75) is 32.6 Å². The summed E-state index contributed by atoms with van der Waals surface area (Å²) in [6, 6.07) is 5.74. The molecule has 1 aromatic rings. The van der Waals surface area contributed by atoms with Crippen LogP contribution in [-0.2, 0) is 9.59 Å². The lowest BCUT2D eigenvalue weighted by atomic mass is 10.1. The molecule has 0 heterocycles. The van der Waals surface area contributed by atoms with E-state index < -0.39 is 5.82 Å². The molecule has 0 saturated carbocycles. The van der Waals surface area contributed by atoms with Crippen LogP contribution in [0, 0.1) is 5.82 Å². The molecule has 0 bridgehead atoms. The van der Waals surface area contributed by atoms with Crippen LogP contribution in [0.25, 0.3) is 0 Å². The Kier molecular flexibility index (Phi) is 7.81. The molecule has 2 amide bonds. The van der Waals surface area contributed by atoms with Crippen LogP contribution >= 0.6 is 0 Å². The molecule has 0 aromatic heterocycles. The zero-order chi connectivity index (χ0) is 16.4. The van der Waals surface area contributed by atoms with Crippen molar-refractivity contribution in [2.75, 3.05) is 13.1 Å². The monoisotopic (exact) mass is 308 g/mol. The molecule has 22 heavy (non-hydrogen) atoms. The predicted molar refractivity (Wildman–Crippen MR) is 80.9 cm³/mol. The lowest BCUT2D eigenvalue weighted by molar-refractivity contribution is -0.121. The fourth-order valence-electron chi connectivity index (χ4n) is 1.88. The number of unbranched alkanes of at least 4 members (excludes halogenated alkanes) is 1. The molecular weight excluding hydrogens is 287 g/mol. The van der Waals surface area contributed by atoms with E-state index in [1.54, 1.807) is 6.07 Å². The molecule has 0 aliphatic rings. The van der Waals surface area contributed by atoms with E-state index in [0.717, 1.165) is 12.8 Å². The average molecular weight is 308 g/mol. The molecule has 0 unspecified atom stereocenters. The standard InChI is InChI=1S/C16H21FN2O3/c1-12(20)18-10-4-5-11-19-16(22)9-8-15(21)13-6-2-3-7-14(13)17/h2-3,6-7H,4-5,8-11H2,1H3,(H,18,20)(H,19,22). The first kappa shape index (κ1) is 17.8. The Morgan fingerprint density at radius 1 is 1.00 bits per heavy atom. The van der Waals surface area contributed by atoms with Gasteiger partial charge in [-0.15, -0.1) is 0 Å². The third-order valence-corrected chi connectivity index (χ3v) is 3.05. The average Bonchev–Trinajstić information content (AvgIpc) is 2.48. The second-order valence-corrected chi connectivity index (χ2v) is 4.94. The molecule has 6 heteroatoms. The first-order chi connectivity index (χ1) is 10.5.